The molecule has 104 valence electrons. The van der Waals surface area contributed by atoms with Crippen molar-refractivity contribution >= 4 is 24.2 Å². The average molecular weight is 289 g/mol. The van der Waals surface area contributed by atoms with Crippen LogP contribution < -0.4 is 5.32 Å². The first-order chi connectivity index (χ1) is 9.52. The van der Waals surface area contributed by atoms with E-state index in [4.69, 9.17) is 0 Å². The van der Waals surface area contributed by atoms with Gasteiger partial charge in [0.2, 0.25) is 0 Å². The third kappa shape index (κ3) is 3.02. The molecule has 0 unspecified atom stereocenters. The highest BCUT2D eigenvalue weighted by molar-refractivity contribution is 7.80. The summed E-state index contributed by atoms with van der Waals surface area (Å²) in [5.74, 6) is -0.695. The molecule has 0 aliphatic rings. The molecule has 2 nitrogen and oxygen atoms in total. The quantitative estimate of drug-likeness (QED) is 0.813. The van der Waals surface area contributed by atoms with Crippen LogP contribution in [0.2, 0.25) is 0 Å². The zero-order valence-electron chi connectivity index (χ0n) is 11.4. The minimum atomic E-state index is -0.435. The summed E-state index contributed by atoms with van der Waals surface area (Å²) in [5.41, 5.74) is 3.30. The zero-order chi connectivity index (χ0) is 14.7. The van der Waals surface area contributed by atoms with Crippen molar-refractivity contribution in [1.82, 2.24) is 0 Å². The Balaban J connectivity index is 2.30. The van der Waals surface area contributed by atoms with Crippen molar-refractivity contribution in [2.75, 3.05) is 5.32 Å². The number of carbonyl (C=O) groups is 1. The molecule has 0 aromatic heterocycles. The van der Waals surface area contributed by atoms with E-state index in [-0.39, 0.29) is 10.8 Å². The van der Waals surface area contributed by atoms with Gasteiger partial charge in [0.1, 0.15) is 5.82 Å². The number of amides is 1. The third-order valence-corrected chi connectivity index (χ3v) is 3.53. The van der Waals surface area contributed by atoms with Crippen molar-refractivity contribution in [3.05, 3.63) is 58.9 Å². The molecule has 2 aromatic rings. The standard InChI is InChI=1S/C16H16FNOS/c1-3-11-6-4-5-10(2)15(11)18-16(19)12-7-8-13(17)14(20)9-12/h4-9,20H,3H2,1-2H3,(H,18,19). The minimum Gasteiger partial charge on any atom is -0.321 e. The third-order valence-electron chi connectivity index (χ3n) is 3.19. The molecular formula is C16H16FNOS. The topological polar surface area (TPSA) is 29.1 Å². The summed E-state index contributed by atoms with van der Waals surface area (Å²) in [7, 11) is 0. The van der Waals surface area contributed by atoms with Gasteiger partial charge in [0.25, 0.3) is 5.91 Å². The number of anilines is 1. The highest BCUT2D eigenvalue weighted by atomic mass is 32.1. The van der Waals surface area contributed by atoms with Gasteiger partial charge in [-0.2, -0.15) is 0 Å². The number of benzene rings is 2. The zero-order valence-corrected chi connectivity index (χ0v) is 12.3. The number of hydrogen-bond acceptors (Lipinski definition) is 2. The van der Waals surface area contributed by atoms with Gasteiger partial charge in [-0.1, -0.05) is 25.1 Å². The Bertz CT molecular complexity index is 655. The fraction of sp³-hybridized carbons (Fsp3) is 0.188. The molecular weight excluding hydrogens is 273 g/mol. The van der Waals surface area contributed by atoms with Gasteiger partial charge in [-0.15, -0.1) is 12.6 Å². The molecule has 0 saturated carbocycles. The molecule has 0 saturated heterocycles. The van der Waals surface area contributed by atoms with Crippen LogP contribution in [0.3, 0.4) is 0 Å². The van der Waals surface area contributed by atoms with E-state index in [1.165, 1.54) is 18.2 Å². The number of rotatable bonds is 3. The van der Waals surface area contributed by atoms with E-state index in [0.29, 0.717) is 5.56 Å². The van der Waals surface area contributed by atoms with Crippen molar-refractivity contribution in [3.8, 4) is 0 Å². The van der Waals surface area contributed by atoms with Crippen LogP contribution in [0.25, 0.3) is 0 Å². The second-order valence-corrected chi connectivity index (χ2v) is 5.06. The number of hydrogen-bond donors (Lipinski definition) is 2. The SMILES string of the molecule is CCc1cccc(C)c1NC(=O)c1ccc(F)c(S)c1. The van der Waals surface area contributed by atoms with Crippen LogP contribution in [0.1, 0.15) is 28.4 Å². The molecule has 1 N–H and O–H groups in total. The van der Waals surface area contributed by atoms with E-state index in [1.807, 2.05) is 32.0 Å². The Labute approximate surface area is 123 Å². The number of para-hydroxylation sites is 1. The second-order valence-electron chi connectivity index (χ2n) is 4.58. The summed E-state index contributed by atoms with van der Waals surface area (Å²) in [6.45, 7) is 3.98. The Kier molecular flexibility index (Phi) is 4.45. The van der Waals surface area contributed by atoms with Crippen molar-refractivity contribution in [2.24, 2.45) is 0 Å². The molecule has 0 aliphatic heterocycles. The van der Waals surface area contributed by atoms with Crippen LogP contribution in [-0.2, 0) is 6.42 Å². The van der Waals surface area contributed by atoms with E-state index < -0.39 is 5.82 Å². The van der Waals surface area contributed by atoms with Crippen LogP contribution in [0, 0.1) is 12.7 Å². The van der Waals surface area contributed by atoms with E-state index in [9.17, 15) is 9.18 Å². The summed E-state index contributed by atoms with van der Waals surface area (Å²) in [5, 5.41) is 2.90. The van der Waals surface area contributed by atoms with Crippen molar-refractivity contribution in [1.29, 1.82) is 0 Å². The fourth-order valence-corrected chi connectivity index (χ4v) is 2.26. The monoisotopic (exact) mass is 289 g/mol. The Morgan fingerprint density at radius 2 is 2.05 bits per heavy atom. The molecule has 1 amide bonds. The fourth-order valence-electron chi connectivity index (χ4n) is 2.04. The Hall–Kier alpha value is -1.81. The van der Waals surface area contributed by atoms with E-state index >= 15 is 0 Å². The van der Waals surface area contributed by atoms with E-state index in [0.717, 1.165) is 23.2 Å². The molecule has 0 radical (unpaired) electrons. The maximum absolute atomic E-state index is 13.2. The first-order valence-electron chi connectivity index (χ1n) is 6.41. The normalized spacial score (nSPS) is 10.4. The molecule has 2 rings (SSSR count). The van der Waals surface area contributed by atoms with Gasteiger partial charge >= 0.3 is 0 Å². The lowest BCUT2D eigenvalue weighted by molar-refractivity contribution is 0.102. The van der Waals surface area contributed by atoms with Gasteiger partial charge in [0.05, 0.1) is 0 Å². The lowest BCUT2D eigenvalue weighted by Gasteiger charge is -2.13. The highest BCUT2D eigenvalue weighted by Crippen LogP contribution is 2.22. The first-order valence-corrected chi connectivity index (χ1v) is 6.86. The molecule has 0 aliphatic carbocycles. The smallest absolute Gasteiger partial charge is 0.255 e. The molecule has 0 bridgehead atoms. The number of thiol groups is 1. The Morgan fingerprint density at radius 1 is 1.30 bits per heavy atom. The molecule has 2 aromatic carbocycles. The van der Waals surface area contributed by atoms with Crippen molar-refractivity contribution in [3.63, 3.8) is 0 Å². The van der Waals surface area contributed by atoms with Crippen LogP contribution >= 0.6 is 12.6 Å². The van der Waals surface area contributed by atoms with Crippen LogP contribution in [0.5, 0.6) is 0 Å². The van der Waals surface area contributed by atoms with Gasteiger partial charge in [0.15, 0.2) is 0 Å². The van der Waals surface area contributed by atoms with Gasteiger partial charge in [-0.25, -0.2) is 4.39 Å². The number of carbonyl (C=O) groups excluding carboxylic acids is 1. The van der Waals surface area contributed by atoms with Crippen molar-refractivity contribution < 1.29 is 9.18 Å². The lowest BCUT2D eigenvalue weighted by atomic mass is 10.1. The second kappa shape index (κ2) is 6.09. The number of nitrogens with one attached hydrogen (secondary N) is 1. The van der Waals surface area contributed by atoms with Gasteiger partial charge in [0, 0.05) is 16.1 Å². The summed E-state index contributed by atoms with van der Waals surface area (Å²) < 4.78 is 13.2. The molecule has 0 spiro atoms. The molecule has 4 heteroatoms. The summed E-state index contributed by atoms with van der Waals surface area (Å²) in [4.78, 5) is 12.4. The summed E-state index contributed by atoms with van der Waals surface area (Å²) >= 11 is 3.99. The van der Waals surface area contributed by atoms with Crippen LogP contribution in [0.15, 0.2) is 41.3 Å². The highest BCUT2D eigenvalue weighted by Gasteiger charge is 2.11. The largest absolute Gasteiger partial charge is 0.321 e. The maximum Gasteiger partial charge on any atom is 0.255 e. The number of aryl methyl sites for hydroxylation is 2. The molecule has 20 heavy (non-hydrogen) atoms. The summed E-state index contributed by atoms with van der Waals surface area (Å²) in [6, 6.07) is 10.0. The molecule has 0 heterocycles. The predicted octanol–water partition coefficient (Wildman–Crippen LogP) is 4.24. The lowest BCUT2D eigenvalue weighted by Crippen LogP contribution is -2.14. The summed E-state index contributed by atoms with van der Waals surface area (Å²) in [6.07, 6.45) is 0.832. The molecule has 0 atom stereocenters. The van der Waals surface area contributed by atoms with Gasteiger partial charge in [-0.05, 0) is 42.7 Å². The molecule has 0 fully saturated rings. The maximum atomic E-state index is 13.2. The van der Waals surface area contributed by atoms with Crippen molar-refractivity contribution in [2.45, 2.75) is 25.2 Å². The van der Waals surface area contributed by atoms with Crippen LogP contribution in [0.4, 0.5) is 10.1 Å². The minimum absolute atomic E-state index is 0.165. The van der Waals surface area contributed by atoms with Gasteiger partial charge < -0.3 is 5.32 Å². The van der Waals surface area contributed by atoms with Gasteiger partial charge in [-0.3, -0.25) is 4.79 Å². The van der Waals surface area contributed by atoms with E-state index in [2.05, 4.69) is 17.9 Å². The number of halogens is 1. The predicted molar refractivity (Wildman–Crippen MR) is 82.2 cm³/mol. The Morgan fingerprint density at radius 3 is 2.70 bits per heavy atom. The first kappa shape index (κ1) is 14.6. The van der Waals surface area contributed by atoms with E-state index in [1.54, 1.807) is 0 Å². The average Bonchev–Trinajstić information content (AvgIpc) is 2.44. The van der Waals surface area contributed by atoms with Crippen LogP contribution in [-0.4, -0.2) is 5.91 Å².